The van der Waals surface area contributed by atoms with Gasteiger partial charge in [0.1, 0.15) is 0 Å². The fourth-order valence-electron chi connectivity index (χ4n) is 3.47. The Labute approximate surface area is 138 Å². The van der Waals surface area contributed by atoms with Crippen LogP contribution in [0.5, 0.6) is 0 Å². The third kappa shape index (κ3) is 4.23. The van der Waals surface area contributed by atoms with E-state index < -0.39 is 0 Å². The van der Waals surface area contributed by atoms with E-state index in [4.69, 9.17) is 0 Å². The van der Waals surface area contributed by atoms with E-state index in [-0.39, 0.29) is 0 Å². The number of benzene rings is 1. The van der Waals surface area contributed by atoms with E-state index in [1.165, 1.54) is 47.8 Å². The predicted molar refractivity (Wildman–Crippen MR) is 96.1 cm³/mol. The largest absolute Gasteiger partial charge is 0.368 e. The second-order valence-corrected chi connectivity index (χ2v) is 6.92. The lowest BCUT2D eigenvalue weighted by Gasteiger charge is -2.36. The molecule has 0 aromatic heterocycles. The molecule has 1 N–H and O–H groups in total. The van der Waals surface area contributed by atoms with Gasteiger partial charge in [-0.2, -0.15) is 0 Å². The number of anilines is 1. The van der Waals surface area contributed by atoms with E-state index in [2.05, 4.69) is 65.1 Å². The smallest absolute Gasteiger partial charge is 0.0513 e. The molecule has 0 radical (unpaired) electrons. The summed E-state index contributed by atoms with van der Waals surface area (Å²) >= 11 is 3.81. The molecule has 1 aliphatic carbocycles. The summed E-state index contributed by atoms with van der Waals surface area (Å²) in [6.07, 6.45) is 6.86. The average molecular weight is 353 g/mol. The van der Waals surface area contributed by atoms with E-state index in [1.54, 1.807) is 0 Å². The molecule has 118 valence electrons. The summed E-state index contributed by atoms with van der Waals surface area (Å²) in [4.78, 5) is 2.59. The van der Waals surface area contributed by atoms with Gasteiger partial charge in [-0.05, 0) is 66.9 Å². The van der Waals surface area contributed by atoms with Crippen molar-refractivity contribution in [2.75, 3.05) is 18.0 Å². The van der Waals surface area contributed by atoms with Crippen LogP contribution in [0, 0.1) is 0 Å². The van der Waals surface area contributed by atoms with Gasteiger partial charge in [-0.3, -0.25) is 0 Å². The minimum Gasteiger partial charge on any atom is -0.368 e. The summed E-state index contributed by atoms with van der Waals surface area (Å²) in [5.41, 5.74) is 2.71. The molecule has 1 aliphatic rings. The first kappa shape index (κ1) is 16.8. The van der Waals surface area contributed by atoms with Gasteiger partial charge < -0.3 is 10.2 Å². The highest BCUT2D eigenvalue weighted by molar-refractivity contribution is 9.10. The monoisotopic (exact) mass is 352 g/mol. The SMILES string of the molecule is CCNC(C)c1ccc(N(CC)C2CCCCC2)c(Br)c1. The van der Waals surface area contributed by atoms with E-state index in [0.29, 0.717) is 6.04 Å². The number of hydrogen-bond acceptors (Lipinski definition) is 2. The fourth-order valence-corrected chi connectivity index (χ4v) is 4.09. The zero-order valence-corrected chi connectivity index (χ0v) is 15.2. The van der Waals surface area contributed by atoms with Crippen molar-refractivity contribution in [3.05, 3.63) is 28.2 Å². The van der Waals surface area contributed by atoms with Crippen LogP contribution in [0.25, 0.3) is 0 Å². The van der Waals surface area contributed by atoms with Crippen molar-refractivity contribution in [2.45, 2.75) is 65.0 Å². The summed E-state index contributed by atoms with van der Waals surface area (Å²) in [5, 5.41) is 3.48. The Morgan fingerprint density at radius 1 is 1.24 bits per heavy atom. The van der Waals surface area contributed by atoms with Gasteiger partial charge >= 0.3 is 0 Å². The molecule has 1 aromatic carbocycles. The molecule has 0 saturated heterocycles. The molecular formula is C18H29BrN2. The maximum absolute atomic E-state index is 3.81. The molecule has 0 bridgehead atoms. The van der Waals surface area contributed by atoms with Crippen LogP contribution in [-0.4, -0.2) is 19.1 Å². The quantitative estimate of drug-likeness (QED) is 0.749. The standard InChI is InChI=1S/C18H29BrN2/c1-4-20-14(3)15-11-12-18(17(19)13-15)21(5-2)16-9-7-6-8-10-16/h11-14,16,20H,4-10H2,1-3H3. The Morgan fingerprint density at radius 3 is 2.52 bits per heavy atom. The van der Waals surface area contributed by atoms with Crippen molar-refractivity contribution < 1.29 is 0 Å². The fraction of sp³-hybridized carbons (Fsp3) is 0.667. The lowest BCUT2D eigenvalue weighted by atomic mass is 9.93. The summed E-state index contributed by atoms with van der Waals surface area (Å²) in [6.45, 7) is 8.75. The van der Waals surface area contributed by atoms with Crippen molar-refractivity contribution in [1.82, 2.24) is 5.32 Å². The molecule has 0 spiro atoms. The first-order chi connectivity index (χ1) is 10.2. The molecule has 1 atom stereocenters. The third-order valence-electron chi connectivity index (χ3n) is 4.65. The molecule has 1 fully saturated rings. The molecule has 3 heteroatoms. The molecule has 0 aliphatic heterocycles. The van der Waals surface area contributed by atoms with Crippen LogP contribution in [0.2, 0.25) is 0 Å². The topological polar surface area (TPSA) is 15.3 Å². The highest BCUT2D eigenvalue weighted by Gasteiger charge is 2.22. The van der Waals surface area contributed by atoms with Crippen molar-refractivity contribution in [1.29, 1.82) is 0 Å². The van der Waals surface area contributed by atoms with Crippen LogP contribution in [0.3, 0.4) is 0 Å². The Balaban J connectivity index is 2.17. The Bertz CT molecular complexity index is 441. The molecule has 1 aromatic rings. The zero-order valence-electron chi connectivity index (χ0n) is 13.7. The minimum atomic E-state index is 0.408. The number of hydrogen-bond donors (Lipinski definition) is 1. The molecule has 0 heterocycles. The van der Waals surface area contributed by atoms with E-state index in [9.17, 15) is 0 Å². The Hall–Kier alpha value is -0.540. The molecule has 1 unspecified atom stereocenters. The zero-order chi connectivity index (χ0) is 15.2. The highest BCUT2D eigenvalue weighted by Crippen LogP contribution is 2.34. The molecular weight excluding hydrogens is 324 g/mol. The normalized spacial score (nSPS) is 17.7. The van der Waals surface area contributed by atoms with Crippen LogP contribution in [-0.2, 0) is 0 Å². The van der Waals surface area contributed by atoms with Gasteiger partial charge in [0.25, 0.3) is 0 Å². The summed E-state index contributed by atoms with van der Waals surface area (Å²) < 4.78 is 1.23. The first-order valence-electron chi connectivity index (χ1n) is 8.46. The number of halogens is 1. The molecule has 0 amide bonds. The maximum Gasteiger partial charge on any atom is 0.0513 e. The number of nitrogens with one attached hydrogen (secondary N) is 1. The van der Waals surface area contributed by atoms with Gasteiger partial charge in [0.05, 0.1) is 5.69 Å². The molecule has 2 rings (SSSR count). The van der Waals surface area contributed by atoms with Crippen LogP contribution < -0.4 is 10.2 Å². The van der Waals surface area contributed by atoms with E-state index in [1.807, 2.05) is 0 Å². The van der Waals surface area contributed by atoms with Gasteiger partial charge in [-0.15, -0.1) is 0 Å². The summed E-state index contributed by atoms with van der Waals surface area (Å²) in [7, 11) is 0. The van der Waals surface area contributed by atoms with Crippen molar-refractivity contribution in [3.8, 4) is 0 Å². The van der Waals surface area contributed by atoms with Crippen LogP contribution in [0.4, 0.5) is 5.69 Å². The second kappa shape index (κ2) is 8.19. The summed E-state index contributed by atoms with van der Waals surface area (Å²) in [6, 6.07) is 7.99. The van der Waals surface area contributed by atoms with Gasteiger partial charge in [0.15, 0.2) is 0 Å². The molecule has 1 saturated carbocycles. The van der Waals surface area contributed by atoms with Crippen LogP contribution in [0.1, 0.15) is 64.5 Å². The lowest BCUT2D eigenvalue weighted by molar-refractivity contribution is 0.418. The minimum absolute atomic E-state index is 0.408. The molecule has 2 nitrogen and oxygen atoms in total. The Kier molecular flexibility index (Phi) is 6.56. The van der Waals surface area contributed by atoms with E-state index >= 15 is 0 Å². The van der Waals surface area contributed by atoms with Gasteiger partial charge in [-0.25, -0.2) is 0 Å². The lowest BCUT2D eigenvalue weighted by Crippen LogP contribution is -2.36. The van der Waals surface area contributed by atoms with Crippen LogP contribution >= 0.6 is 15.9 Å². The number of rotatable bonds is 6. The van der Waals surface area contributed by atoms with Gasteiger partial charge in [0.2, 0.25) is 0 Å². The van der Waals surface area contributed by atoms with Crippen molar-refractivity contribution in [2.24, 2.45) is 0 Å². The Morgan fingerprint density at radius 2 is 1.95 bits per heavy atom. The van der Waals surface area contributed by atoms with Gasteiger partial charge in [-0.1, -0.05) is 32.3 Å². The predicted octanol–water partition coefficient (Wildman–Crippen LogP) is 5.28. The maximum atomic E-state index is 3.81. The molecule has 21 heavy (non-hydrogen) atoms. The summed E-state index contributed by atoms with van der Waals surface area (Å²) in [5.74, 6) is 0. The van der Waals surface area contributed by atoms with E-state index in [0.717, 1.165) is 19.1 Å². The van der Waals surface area contributed by atoms with Crippen LogP contribution in [0.15, 0.2) is 22.7 Å². The first-order valence-corrected chi connectivity index (χ1v) is 9.26. The van der Waals surface area contributed by atoms with Gasteiger partial charge in [0, 0.05) is 23.1 Å². The van der Waals surface area contributed by atoms with Crippen molar-refractivity contribution in [3.63, 3.8) is 0 Å². The number of nitrogens with zero attached hydrogens (tertiary/aromatic N) is 1. The third-order valence-corrected chi connectivity index (χ3v) is 5.28. The highest BCUT2D eigenvalue weighted by atomic mass is 79.9. The average Bonchev–Trinajstić information content (AvgIpc) is 2.51. The second-order valence-electron chi connectivity index (χ2n) is 6.07. The van der Waals surface area contributed by atoms with Crippen molar-refractivity contribution >= 4 is 21.6 Å².